The molecule has 0 spiro atoms. The fourth-order valence-corrected chi connectivity index (χ4v) is 3.44. The molecular weight excluding hydrogens is 364 g/mol. The van der Waals surface area contributed by atoms with Crippen molar-refractivity contribution in [2.75, 3.05) is 11.4 Å². The molecule has 1 aliphatic rings. The topological polar surface area (TPSA) is 75.9 Å². The summed E-state index contributed by atoms with van der Waals surface area (Å²) in [5.41, 5.74) is 3.01. The standard InChI is InChI=1S/C22H24N6O/c1-3-16(2)23-21(29)15-27-19(17-10-6-4-7-11-17)14-20(18-12-8-5-9-13-18)28-22(27)24-25-26-28/h4-14,16,20H,3,15H2,1-2H3,(H,23,29)/t16-,20+/m0/s1. The van der Waals surface area contributed by atoms with Crippen LogP contribution in [0.25, 0.3) is 5.70 Å². The van der Waals surface area contributed by atoms with Crippen molar-refractivity contribution in [1.29, 1.82) is 0 Å². The molecule has 148 valence electrons. The summed E-state index contributed by atoms with van der Waals surface area (Å²) in [5.74, 6) is 0.494. The molecule has 1 aromatic heterocycles. The number of carbonyl (C=O) groups is 1. The van der Waals surface area contributed by atoms with Gasteiger partial charge in [0.15, 0.2) is 0 Å². The first-order chi connectivity index (χ1) is 14.2. The summed E-state index contributed by atoms with van der Waals surface area (Å²) in [6, 6.07) is 20.1. The average Bonchev–Trinajstić information content (AvgIpc) is 3.25. The number of fused-ring (bicyclic) bond motifs is 1. The van der Waals surface area contributed by atoms with Gasteiger partial charge in [0.1, 0.15) is 12.6 Å². The predicted octanol–water partition coefficient (Wildman–Crippen LogP) is 3.04. The van der Waals surface area contributed by atoms with Gasteiger partial charge in [0.05, 0.1) is 5.70 Å². The first kappa shape index (κ1) is 18.9. The van der Waals surface area contributed by atoms with Gasteiger partial charge in [-0.15, -0.1) is 0 Å². The smallest absolute Gasteiger partial charge is 0.251 e. The van der Waals surface area contributed by atoms with Crippen LogP contribution in [0.1, 0.15) is 37.4 Å². The first-order valence-corrected chi connectivity index (χ1v) is 9.84. The molecule has 7 heteroatoms. The van der Waals surface area contributed by atoms with Crippen molar-refractivity contribution in [2.24, 2.45) is 0 Å². The molecule has 7 nitrogen and oxygen atoms in total. The van der Waals surface area contributed by atoms with E-state index >= 15 is 0 Å². The molecule has 0 saturated carbocycles. The molecule has 0 saturated heterocycles. The van der Waals surface area contributed by atoms with Gasteiger partial charge in [-0.1, -0.05) is 72.7 Å². The summed E-state index contributed by atoms with van der Waals surface area (Å²) in [6.07, 6.45) is 2.99. The lowest BCUT2D eigenvalue weighted by atomic mass is 10.0. The molecule has 2 heterocycles. The number of hydrogen-bond donors (Lipinski definition) is 1. The second-order valence-corrected chi connectivity index (χ2v) is 7.16. The number of allylic oxidation sites excluding steroid dienone is 1. The Morgan fingerprint density at radius 3 is 2.48 bits per heavy atom. The highest BCUT2D eigenvalue weighted by molar-refractivity contribution is 5.89. The van der Waals surface area contributed by atoms with E-state index in [9.17, 15) is 4.79 Å². The van der Waals surface area contributed by atoms with E-state index in [2.05, 4.69) is 39.1 Å². The quantitative estimate of drug-likeness (QED) is 0.702. The highest BCUT2D eigenvalue weighted by atomic mass is 16.2. The monoisotopic (exact) mass is 388 g/mol. The van der Waals surface area contributed by atoms with Gasteiger partial charge < -0.3 is 5.32 Å². The molecule has 3 aromatic rings. The van der Waals surface area contributed by atoms with Crippen LogP contribution in [-0.4, -0.2) is 38.7 Å². The van der Waals surface area contributed by atoms with Crippen molar-refractivity contribution in [1.82, 2.24) is 25.5 Å². The second kappa shape index (κ2) is 8.26. The van der Waals surface area contributed by atoms with E-state index < -0.39 is 0 Å². The molecule has 2 atom stereocenters. The zero-order valence-electron chi connectivity index (χ0n) is 16.6. The van der Waals surface area contributed by atoms with Gasteiger partial charge in [-0.2, -0.15) is 4.68 Å². The van der Waals surface area contributed by atoms with Crippen molar-refractivity contribution in [3.05, 3.63) is 77.9 Å². The third-order valence-corrected chi connectivity index (χ3v) is 5.12. The molecule has 0 bridgehead atoms. The maximum absolute atomic E-state index is 12.7. The van der Waals surface area contributed by atoms with Crippen molar-refractivity contribution in [2.45, 2.75) is 32.4 Å². The van der Waals surface area contributed by atoms with E-state index in [0.717, 1.165) is 23.2 Å². The molecule has 1 amide bonds. The van der Waals surface area contributed by atoms with Gasteiger partial charge in [-0.25, -0.2) is 0 Å². The number of carbonyl (C=O) groups excluding carboxylic acids is 1. The van der Waals surface area contributed by atoms with E-state index in [1.165, 1.54) is 0 Å². The van der Waals surface area contributed by atoms with Gasteiger partial charge in [0.25, 0.3) is 5.95 Å². The lowest BCUT2D eigenvalue weighted by Crippen LogP contribution is -2.42. The zero-order valence-corrected chi connectivity index (χ0v) is 16.6. The molecule has 2 aromatic carbocycles. The summed E-state index contributed by atoms with van der Waals surface area (Å²) < 4.78 is 1.76. The van der Waals surface area contributed by atoms with Crippen molar-refractivity contribution >= 4 is 17.6 Å². The molecule has 0 unspecified atom stereocenters. The minimum absolute atomic E-state index is 0.0612. The van der Waals surface area contributed by atoms with Crippen molar-refractivity contribution in [3.8, 4) is 0 Å². The van der Waals surface area contributed by atoms with Crippen LogP contribution in [0.15, 0.2) is 66.7 Å². The van der Waals surface area contributed by atoms with Gasteiger partial charge in [0, 0.05) is 6.04 Å². The number of tetrazole rings is 1. The van der Waals surface area contributed by atoms with Gasteiger partial charge in [0.2, 0.25) is 5.91 Å². The first-order valence-electron chi connectivity index (χ1n) is 9.84. The number of nitrogens with one attached hydrogen (secondary N) is 1. The third-order valence-electron chi connectivity index (χ3n) is 5.12. The number of nitrogens with zero attached hydrogens (tertiary/aromatic N) is 5. The van der Waals surface area contributed by atoms with Crippen LogP contribution < -0.4 is 10.2 Å². The van der Waals surface area contributed by atoms with E-state index in [1.807, 2.05) is 67.3 Å². The Kier molecular flexibility index (Phi) is 5.37. The molecule has 4 rings (SSSR count). The summed E-state index contributed by atoms with van der Waals surface area (Å²) >= 11 is 0. The van der Waals surface area contributed by atoms with Crippen LogP contribution in [-0.2, 0) is 4.79 Å². The Bertz CT molecular complexity index is 998. The number of amides is 1. The normalized spacial score (nSPS) is 16.7. The van der Waals surface area contributed by atoms with Gasteiger partial charge in [-0.3, -0.25) is 9.69 Å². The summed E-state index contributed by atoms with van der Waals surface area (Å²) in [4.78, 5) is 14.6. The summed E-state index contributed by atoms with van der Waals surface area (Å²) in [6.45, 7) is 4.19. The highest BCUT2D eigenvalue weighted by Crippen LogP contribution is 2.35. The Hall–Kier alpha value is -3.48. The molecule has 29 heavy (non-hydrogen) atoms. The van der Waals surface area contributed by atoms with Crippen molar-refractivity contribution in [3.63, 3.8) is 0 Å². The molecule has 0 radical (unpaired) electrons. The fraction of sp³-hybridized carbons (Fsp3) is 0.273. The van der Waals surface area contributed by atoms with Crippen molar-refractivity contribution < 1.29 is 4.79 Å². The maximum atomic E-state index is 12.7. The van der Waals surface area contributed by atoms with E-state index in [1.54, 1.807) is 4.68 Å². The van der Waals surface area contributed by atoms with Crippen LogP contribution in [0.5, 0.6) is 0 Å². The maximum Gasteiger partial charge on any atom is 0.251 e. The third kappa shape index (κ3) is 3.89. The second-order valence-electron chi connectivity index (χ2n) is 7.16. The van der Waals surface area contributed by atoms with Gasteiger partial charge >= 0.3 is 0 Å². The molecular formula is C22H24N6O. The van der Waals surface area contributed by atoms with Gasteiger partial charge in [-0.05, 0) is 41.0 Å². The number of benzene rings is 2. The van der Waals surface area contributed by atoms with Crippen LogP contribution in [0.3, 0.4) is 0 Å². The zero-order chi connectivity index (χ0) is 20.2. The van der Waals surface area contributed by atoms with Crippen LogP contribution in [0, 0.1) is 0 Å². The lowest BCUT2D eigenvalue weighted by Gasteiger charge is -2.32. The SMILES string of the molecule is CC[C@H](C)NC(=O)CN1C(c2ccccc2)=C[C@H](c2ccccc2)n2nnnc21. The fourth-order valence-electron chi connectivity index (χ4n) is 3.44. The molecule has 1 aliphatic heterocycles. The number of hydrogen-bond acceptors (Lipinski definition) is 5. The highest BCUT2D eigenvalue weighted by Gasteiger charge is 2.31. The lowest BCUT2D eigenvalue weighted by molar-refractivity contribution is -0.120. The Labute approximate surface area is 170 Å². The average molecular weight is 388 g/mol. The van der Waals surface area contributed by atoms with Crippen LogP contribution in [0.4, 0.5) is 5.95 Å². The number of rotatable bonds is 6. The van der Waals surface area contributed by atoms with Crippen LogP contribution in [0.2, 0.25) is 0 Å². The summed E-state index contributed by atoms with van der Waals surface area (Å²) in [5, 5.41) is 15.4. The Morgan fingerprint density at radius 2 is 1.79 bits per heavy atom. The minimum atomic E-state index is -0.148. The minimum Gasteiger partial charge on any atom is -0.352 e. The molecule has 1 N–H and O–H groups in total. The van der Waals surface area contributed by atoms with Crippen LogP contribution >= 0.6 is 0 Å². The Balaban J connectivity index is 1.76. The number of anilines is 1. The summed E-state index contributed by atoms with van der Waals surface area (Å²) in [7, 11) is 0. The Morgan fingerprint density at radius 1 is 1.10 bits per heavy atom. The van der Waals surface area contributed by atoms with E-state index in [4.69, 9.17) is 0 Å². The molecule has 0 aliphatic carbocycles. The van der Waals surface area contributed by atoms with E-state index in [0.29, 0.717) is 5.95 Å². The molecule has 0 fully saturated rings. The van der Waals surface area contributed by atoms with E-state index in [-0.39, 0.29) is 24.5 Å². The largest absolute Gasteiger partial charge is 0.352 e. The number of aromatic nitrogens is 4. The predicted molar refractivity (Wildman–Crippen MR) is 112 cm³/mol.